The van der Waals surface area contributed by atoms with Crippen LogP contribution in [0.5, 0.6) is 28.9 Å². The Kier molecular flexibility index (Phi) is 32.3. The summed E-state index contributed by atoms with van der Waals surface area (Å²) in [6.45, 7) is 15.8. The summed E-state index contributed by atoms with van der Waals surface area (Å²) in [6.07, 6.45) is 12.5. The number of alkyl halides is 3. The Morgan fingerprint density at radius 2 is 0.856 bits per heavy atom. The Hall–Kier alpha value is -13.7. The maximum absolute atomic E-state index is 13.3. The zero-order valence-electron chi connectivity index (χ0n) is 76.7. The van der Waals surface area contributed by atoms with E-state index in [0.717, 1.165) is 64.2 Å². The van der Waals surface area contributed by atoms with E-state index in [2.05, 4.69) is 57.5 Å². The van der Waals surface area contributed by atoms with E-state index >= 15 is 0 Å². The summed E-state index contributed by atoms with van der Waals surface area (Å²) < 4.78 is 74.5. The lowest BCUT2D eigenvalue weighted by Crippen LogP contribution is -2.44. The Balaban J connectivity index is 0.000000161. The molecule has 39 heteroatoms. The zero-order chi connectivity index (χ0) is 101. The van der Waals surface area contributed by atoms with Crippen molar-refractivity contribution in [3.63, 3.8) is 0 Å². The molecule has 10 aromatic rings. The lowest BCUT2D eigenvalue weighted by molar-refractivity contribution is -0.188. The molecule has 0 aliphatic carbocycles. The summed E-state index contributed by atoms with van der Waals surface area (Å²) in [6, 6.07) is 43.7. The van der Waals surface area contributed by atoms with Crippen LogP contribution in [-0.2, 0) is 107 Å². The predicted octanol–water partition coefficient (Wildman–Crippen LogP) is 14.0. The number of isocyanates is 1. The maximum atomic E-state index is 13.3. The van der Waals surface area contributed by atoms with E-state index in [1.54, 1.807) is 165 Å². The molecular formula is C100H92Br3ClN4O31. The molecule has 7 aliphatic rings. The third-order valence-corrected chi connectivity index (χ3v) is 23.8. The highest BCUT2D eigenvalue weighted by Gasteiger charge is 2.76. The number of furan rings is 1. The van der Waals surface area contributed by atoms with Crippen molar-refractivity contribution < 1.29 is 132 Å². The number of aliphatic hydroxyl groups is 1. The van der Waals surface area contributed by atoms with E-state index in [1.807, 2.05) is 43.3 Å². The molecule has 1 N–H and O–H groups in total. The van der Waals surface area contributed by atoms with Crippen molar-refractivity contribution in [3.05, 3.63) is 270 Å². The number of fused-ring (bicyclic) bond motifs is 13. The molecule has 4 aromatic heterocycles. The molecule has 6 amide bonds. The molecule has 0 radical (unpaired) electrons. The lowest BCUT2D eigenvalue weighted by Gasteiger charge is -2.29. The van der Waals surface area contributed by atoms with Crippen molar-refractivity contribution in [1.82, 2.24) is 14.7 Å². The Morgan fingerprint density at radius 3 is 1.27 bits per heavy atom. The molecule has 139 heavy (non-hydrogen) atoms. The van der Waals surface area contributed by atoms with Crippen LogP contribution in [-0.4, -0.2) is 187 Å². The van der Waals surface area contributed by atoms with Crippen LogP contribution in [0.2, 0.25) is 0 Å². The van der Waals surface area contributed by atoms with Crippen LogP contribution in [0.4, 0.5) is 10.5 Å². The SMILES string of the molecule is CC(C)(Br)C(=O)OCCc1ccc(Oc2ccc(C=O)o2)cc1.CN1C(=O)C=CC1=O.CN1C(=O)[C@@H]2[C@H](C1=O)[C@]1(CO)C=C[C@@]2(Oc2ccc(CCOC(=O)C(C)(C)Br)cc2)O1.Cc1cc(=O)oc2cc(CC(=O)OC[C@@]34C=C[C@@](Oc5ccc(CCOC(=O)C(C)(C)Br)cc5)(O3)[C@@H]3C(=O)N(C)C(=O)[C@@H]34)ccc12.Cc1cc(=O)oc2cc(N=C=O)ccc12.Cc1cc(=O)oc2cc(OC(=O)Cl)ccc12. The Bertz CT molecular complexity index is 6800. The highest BCUT2D eigenvalue weighted by atomic mass is 79.9. The van der Waals surface area contributed by atoms with E-state index in [0.29, 0.717) is 77.4 Å². The third-order valence-electron chi connectivity index (χ3n) is 22.8. The molecule has 6 aromatic carbocycles. The fourth-order valence-corrected chi connectivity index (χ4v) is 16.0. The van der Waals surface area contributed by atoms with Gasteiger partial charge in [0, 0.05) is 117 Å². The van der Waals surface area contributed by atoms with Crippen molar-refractivity contribution >= 4 is 175 Å². The molecule has 8 atom stereocenters. The Morgan fingerprint density at radius 1 is 0.468 bits per heavy atom. The number of aryl methyl sites for hydroxylation is 3. The number of benzene rings is 6. The number of likely N-dealkylation sites (N-methyl/N-ethyl adjacent to an activating group) is 1. The van der Waals surface area contributed by atoms with E-state index in [4.69, 9.17) is 71.9 Å². The van der Waals surface area contributed by atoms with Crippen molar-refractivity contribution in [3.8, 4) is 28.9 Å². The summed E-state index contributed by atoms with van der Waals surface area (Å²) in [7, 11) is 4.29. The minimum absolute atomic E-state index is 0.116. The fourth-order valence-electron chi connectivity index (χ4n) is 15.6. The van der Waals surface area contributed by atoms with Gasteiger partial charge in [-0.15, -0.1) is 0 Å². The molecule has 35 nitrogen and oxygen atoms in total. The number of likely N-dealkylation sites (tertiary alicyclic amines) is 2. The van der Waals surface area contributed by atoms with Gasteiger partial charge in [-0.05, 0) is 198 Å². The smallest absolute Gasteiger partial charge is 0.409 e. The monoisotopic (exact) mass is 2120 g/mol. The summed E-state index contributed by atoms with van der Waals surface area (Å²) in [5.74, 6) is -8.18. The first kappa shape index (κ1) is 104. The number of carbonyl (C=O) groups excluding carboxylic acids is 13. The van der Waals surface area contributed by atoms with Gasteiger partial charge in [-0.2, -0.15) is 4.99 Å². The number of hydrogen-bond donors (Lipinski definition) is 1. The number of ether oxygens (including phenoxy) is 10. The zero-order valence-corrected chi connectivity index (χ0v) is 82.2. The topological polar surface area (TPSA) is 460 Å². The molecule has 4 saturated heterocycles. The number of rotatable bonds is 26. The van der Waals surface area contributed by atoms with E-state index in [1.165, 1.54) is 75.8 Å². The van der Waals surface area contributed by atoms with E-state index < -0.39 is 106 Å². The molecule has 4 bridgehead atoms. The second-order valence-electron chi connectivity index (χ2n) is 34.2. The normalized spacial score (nSPS) is 20.4. The van der Waals surface area contributed by atoms with Gasteiger partial charge in [0.1, 0.15) is 82.4 Å². The molecule has 11 heterocycles. The number of carbonyl (C=O) groups is 12. The molecule has 7 aliphatic heterocycles. The van der Waals surface area contributed by atoms with Gasteiger partial charge in [-0.3, -0.25) is 67.4 Å². The second kappa shape index (κ2) is 43.1. The standard InChI is InChI=1S/C34H32BrNO10.C22H24BrNO7.C17H17BrO5.C11H7ClO4.C11H7NO3.C5H5NO2/c1-19-15-26(38)44-24-16-21(7-10-23(19)24)17-25(37)43-18-33-12-13-34(46-33,28-27(33)29(39)36(4)30(28)40)45-22-8-5-20(6-9-22)11-14-42-31(41)32(2,3)35;1-20(2,23)19(28)29-11-8-13-4-6-14(7-5-13)30-22-10-9-21(12-25,31-22)15-16(22)18(27)24(3)17(15)26;1-17(2,18)16(20)21-10-9-12-3-5-13(6-4-12)22-15-8-7-14(11-19)23-15;1-6-4-10(13)16-9-5-7(15-11(12)14)2-3-8(6)9;1-7-4-11(14)15-10-5-8(12-6-13)2-3-9(7)10;1-6-4(7)2-3-5(6)8/h5-10,12-13,15-16,27-28H,11,14,17-18H2,1-4H3;4-7,9-10,15-16,25H,8,11-12H2,1-3H3;3-8,11H,9-10H2,1-2H3;2-5H,1H3;2-5H,1H3;2-3H,1H3/t27-,28+,33-,34-;15-,16+,21-,22-;;;;/m11..../s1. The number of nitrogens with zero attached hydrogens (tertiary/aromatic N) is 4. The number of aliphatic hydroxyl groups excluding tert-OH is 1. The van der Waals surface area contributed by atoms with Gasteiger partial charge in [0.15, 0.2) is 12.0 Å². The maximum Gasteiger partial charge on any atom is 0.409 e. The number of aliphatic imine (C=N–C) groups is 1. The quantitative estimate of drug-likeness (QED) is 0.00502. The van der Waals surface area contributed by atoms with Crippen molar-refractivity contribution in [2.24, 2.45) is 28.7 Å². The molecule has 17 rings (SSSR count). The fraction of sp³-hybridized carbons (Fsp3) is 0.320. The average Bonchev–Trinajstić information content (AvgIpc) is 1.52. The second-order valence-corrected chi connectivity index (χ2v) is 40.5. The molecule has 0 spiro atoms. The highest BCUT2D eigenvalue weighted by molar-refractivity contribution is 9.10. The van der Waals surface area contributed by atoms with Gasteiger partial charge in [-0.25, -0.2) is 24.0 Å². The van der Waals surface area contributed by atoms with Crippen LogP contribution >= 0.6 is 59.4 Å². The van der Waals surface area contributed by atoms with Crippen molar-refractivity contribution in [2.75, 3.05) is 54.2 Å². The molecule has 726 valence electrons. The first-order valence-electron chi connectivity index (χ1n) is 42.8. The highest BCUT2D eigenvalue weighted by Crippen LogP contribution is 2.59. The van der Waals surface area contributed by atoms with Crippen LogP contribution in [0.1, 0.15) is 91.0 Å². The number of amides is 6. The van der Waals surface area contributed by atoms with Crippen LogP contribution in [0.15, 0.2) is 231 Å². The number of halogens is 4. The predicted molar refractivity (Wildman–Crippen MR) is 509 cm³/mol. The van der Waals surface area contributed by atoms with Gasteiger partial charge >= 0.3 is 46.2 Å². The summed E-state index contributed by atoms with van der Waals surface area (Å²) in [5.41, 5.74) is 2.48. The summed E-state index contributed by atoms with van der Waals surface area (Å²) in [5, 5.41) is 12.3. The van der Waals surface area contributed by atoms with E-state index in [-0.39, 0.29) is 85.2 Å². The van der Waals surface area contributed by atoms with Gasteiger partial charge in [0.05, 0.1) is 50.4 Å². The molecule has 4 fully saturated rings. The molecular weight excluding hydrogens is 2030 g/mol. The van der Waals surface area contributed by atoms with Crippen LogP contribution in [0, 0.1) is 44.4 Å². The first-order chi connectivity index (χ1) is 65.6. The summed E-state index contributed by atoms with van der Waals surface area (Å²) in [4.78, 5) is 193. The van der Waals surface area contributed by atoms with Crippen molar-refractivity contribution in [1.29, 1.82) is 0 Å². The summed E-state index contributed by atoms with van der Waals surface area (Å²) >= 11 is 14.9. The van der Waals surface area contributed by atoms with Gasteiger partial charge in [0.2, 0.25) is 41.3 Å². The number of imide groups is 3. The van der Waals surface area contributed by atoms with Crippen LogP contribution < -0.4 is 35.8 Å². The van der Waals surface area contributed by atoms with E-state index in [9.17, 15) is 81.8 Å². The van der Waals surface area contributed by atoms with Crippen LogP contribution in [0.25, 0.3) is 32.9 Å². The molecule has 0 saturated carbocycles. The van der Waals surface area contributed by atoms with Gasteiger partial charge in [0.25, 0.3) is 17.8 Å². The average molecular weight is 2120 g/mol. The number of aldehydes is 1. The van der Waals surface area contributed by atoms with Gasteiger partial charge < -0.3 is 70.1 Å². The Labute approximate surface area is 822 Å². The van der Waals surface area contributed by atoms with Crippen LogP contribution in [0.3, 0.4) is 0 Å². The van der Waals surface area contributed by atoms with Gasteiger partial charge in [-0.1, -0.05) is 96.3 Å². The third kappa shape index (κ3) is 24.5. The largest absolute Gasteiger partial charge is 0.464 e. The number of hydrogen-bond acceptors (Lipinski definition) is 32. The lowest BCUT2D eigenvalue weighted by atomic mass is 9.76. The first-order valence-corrected chi connectivity index (χ1v) is 45.6. The minimum Gasteiger partial charge on any atom is -0.464 e. The number of esters is 4. The minimum atomic E-state index is -1.58. The molecule has 0 unspecified atom stereocenters. The van der Waals surface area contributed by atoms with Crippen molar-refractivity contribution in [2.45, 2.75) is 124 Å².